The summed E-state index contributed by atoms with van der Waals surface area (Å²) in [6.45, 7) is 4.22. The molecule has 0 spiro atoms. The van der Waals surface area contributed by atoms with Crippen molar-refractivity contribution in [2.24, 2.45) is 0 Å². The van der Waals surface area contributed by atoms with Crippen LogP contribution >= 0.6 is 0 Å². The average Bonchev–Trinajstić information content (AvgIpc) is 2.74. The molecule has 1 aromatic heterocycles. The lowest BCUT2D eigenvalue weighted by Crippen LogP contribution is -2.49. The molecule has 1 aromatic carbocycles. The molecule has 8 nitrogen and oxygen atoms in total. The molecule has 172 valence electrons. The lowest BCUT2D eigenvalue weighted by atomic mass is 10.2. The van der Waals surface area contributed by atoms with E-state index >= 15 is 0 Å². The van der Waals surface area contributed by atoms with Crippen LogP contribution in [0.3, 0.4) is 0 Å². The highest BCUT2D eigenvalue weighted by Crippen LogP contribution is 2.24. The van der Waals surface area contributed by atoms with Crippen molar-refractivity contribution >= 4 is 22.0 Å². The van der Waals surface area contributed by atoms with Gasteiger partial charge in [0.2, 0.25) is 15.9 Å². The lowest BCUT2D eigenvalue weighted by Gasteiger charge is -2.34. The zero-order valence-electron chi connectivity index (χ0n) is 17.9. The highest BCUT2D eigenvalue weighted by molar-refractivity contribution is 7.89. The number of hydrogen-bond donors (Lipinski definition) is 1. The molecule has 0 radical (unpaired) electrons. The molecule has 1 fully saturated rings. The van der Waals surface area contributed by atoms with Crippen LogP contribution in [0, 0.1) is 5.82 Å². The van der Waals surface area contributed by atoms with Gasteiger partial charge in [0.15, 0.2) is 11.6 Å². The van der Waals surface area contributed by atoms with Crippen molar-refractivity contribution < 1.29 is 27.1 Å². The van der Waals surface area contributed by atoms with E-state index in [2.05, 4.69) is 10.3 Å². The van der Waals surface area contributed by atoms with E-state index in [0.717, 1.165) is 0 Å². The molecule has 2 heterocycles. The molecule has 1 amide bonds. The van der Waals surface area contributed by atoms with E-state index in [9.17, 15) is 17.6 Å². The second kappa shape index (κ2) is 10.7. The van der Waals surface area contributed by atoms with Crippen LogP contribution in [0.25, 0.3) is 6.08 Å². The van der Waals surface area contributed by atoms with Crippen molar-refractivity contribution in [2.75, 3.05) is 25.4 Å². The van der Waals surface area contributed by atoms with Gasteiger partial charge in [-0.1, -0.05) is 6.07 Å². The Hall–Kier alpha value is -2.82. The largest absolute Gasteiger partial charge is 0.453 e. The van der Waals surface area contributed by atoms with Gasteiger partial charge in [0.1, 0.15) is 5.75 Å². The van der Waals surface area contributed by atoms with E-state index in [0.29, 0.717) is 24.4 Å². The summed E-state index contributed by atoms with van der Waals surface area (Å²) in [4.78, 5) is 15.9. The second-order valence-corrected chi connectivity index (χ2v) is 9.58. The summed E-state index contributed by atoms with van der Waals surface area (Å²) in [7, 11) is -3.50. The Balaban J connectivity index is 1.49. The second-order valence-electron chi connectivity index (χ2n) is 7.50. The Morgan fingerprint density at radius 2 is 2.06 bits per heavy atom. The Bertz CT molecular complexity index is 1050. The first kappa shape index (κ1) is 23.8. The number of morpholine rings is 1. The molecule has 0 bridgehead atoms. The molecular weight excluding hydrogens is 437 g/mol. The van der Waals surface area contributed by atoms with Crippen molar-refractivity contribution in [3.63, 3.8) is 0 Å². The first-order valence-electron chi connectivity index (χ1n) is 10.2. The van der Waals surface area contributed by atoms with Crippen LogP contribution in [0.15, 0.2) is 48.8 Å². The van der Waals surface area contributed by atoms with Crippen LogP contribution < -0.4 is 10.1 Å². The number of carbonyl (C=O) groups excluding carboxylic acids is 1. The fourth-order valence-electron chi connectivity index (χ4n) is 3.26. The number of carbonyl (C=O) groups is 1. The predicted octanol–water partition coefficient (Wildman–Crippen LogP) is 2.58. The van der Waals surface area contributed by atoms with Crippen molar-refractivity contribution in [1.29, 1.82) is 0 Å². The number of nitrogens with one attached hydrogen (secondary N) is 1. The number of hydrogen-bond acceptors (Lipinski definition) is 6. The summed E-state index contributed by atoms with van der Waals surface area (Å²) < 4.78 is 51.6. The molecule has 3 rings (SSSR count). The van der Waals surface area contributed by atoms with E-state index in [1.807, 2.05) is 13.8 Å². The highest BCUT2D eigenvalue weighted by Gasteiger charge is 2.30. The Labute approximate surface area is 187 Å². The maximum Gasteiger partial charge on any atom is 0.244 e. The standard InChI is InChI=1S/C22H26FN3O5S/c1-16-14-26(15-17(2)30-16)32(28,29)11-10-25-22(27)8-6-18-5-7-21(20(23)12-18)31-19-4-3-9-24-13-19/h3-9,12-13,16-17H,10-11,14-15H2,1-2H3,(H,25,27)/b8-6+. The number of halogens is 1. The molecular formula is C22H26FN3O5S. The van der Waals surface area contributed by atoms with Gasteiger partial charge >= 0.3 is 0 Å². The van der Waals surface area contributed by atoms with Crippen LogP contribution in [0.4, 0.5) is 4.39 Å². The number of rotatable bonds is 8. The summed E-state index contributed by atoms with van der Waals surface area (Å²) in [5.41, 5.74) is 0.458. The molecule has 2 unspecified atom stereocenters. The maximum atomic E-state index is 14.3. The molecule has 2 atom stereocenters. The first-order chi connectivity index (χ1) is 15.2. The van der Waals surface area contributed by atoms with Gasteiger partial charge < -0.3 is 14.8 Å². The normalized spacial score (nSPS) is 19.7. The topological polar surface area (TPSA) is 97.8 Å². The molecule has 1 aliphatic heterocycles. The van der Waals surface area contributed by atoms with Gasteiger partial charge in [-0.3, -0.25) is 9.78 Å². The Morgan fingerprint density at radius 1 is 1.31 bits per heavy atom. The van der Waals surface area contributed by atoms with E-state index in [4.69, 9.17) is 9.47 Å². The molecule has 2 aromatic rings. The van der Waals surface area contributed by atoms with Gasteiger partial charge in [-0.25, -0.2) is 12.8 Å². The van der Waals surface area contributed by atoms with Crippen molar-refractivity contribution in [2.45, 2.75) is 26.1 Å². The molecule has 10 heteroatoms. The van der Waals surface area contributed by atoms with Crippen molar-refractivity contribution in [3.05, 3.63) is 60.2 Å². The summed E-state index contributed by atoms with van der Waals surface area (Å²) in [6, 6.07) is 7.63. The zero-order chi connectivity index (χ0) is 23.1. The smallest absolute Gasteiger partial charge is 0.244 e. The van der Waals surface area contributed by atoms with Crippen LogP contribution in [0.2, 0.25) is 0 Å². The van der Waals surface area contributed by atoms with Crippen LogP contribution in [0.1, 0.15) is 19.4 Å². The average molecular weight is 464 g/mol. The number of ether oxygens (including phenoxy) is 2. The SMILES string of the molecule is CC1CN(S(=O)(=O)CCNC(=O)/C=C/c2ccc(Oc3cccnc3)c(F)c2)CC(C)O1. The van der Waals surface area contributed by atoms with Gasteiger partial charge in [-0.05, 0) is 49.8 Å². The number of nitrogens with zero attached hydrogens (tertiary/aromatic N) is 2. The monoisotopic (exact) mass is 463 g/mol. The van der Waals surface area contributed by atoms with Crippen molar-refractivity contribution in [1.82, 2.24) is 14.6 Å². The Morgan fingerprint density at radius 3 is 2.72 bits per heavy atom. The number of amides is 1. The first-order valence-corrected chi connectivity index (χ1v) is 11.8. The minimum Gasteiger partial charge on any atom is -0.453 e. The third-order valence-electron chi connectivity index (χ3n) is 4.68. The van der Waals surface area contributed by atoms with E-state index in [-0.39, 0.29) is 30.3 Å². The molecule has 1 aliphatic rings. The number of aromatic nitrogens is 1. The summed E-state index contributed by atoms with van der Waals surface area (Å²) in [5, 5.41) is 2.54. The number of sulfonamides is 1. The minimum atomic E-state index is -3.50. The van der Waals surface area contributed by atoms with E-state index in [1.54, 1.807) is 24.4 Å². The summed E-state index contributed by atoms with van der Waals surface area (Å²) in [5.74, 6) is -0.820. The van der Waals surface area contributed by atoms with Crippen LogP contribution in [-0.4, -0.2) is 61.2 Å². The quantitative estimate of drug-likeness (QED) is 0.605. The Kier molecular flexibility index (Phi) is 7.94. The predicted molar refractivity (Wildman–Crippen MR) is 118 cm³/mol. The van der Waals surface area contributed by atoms with Crippen LogP contribution in [0.5, 0.6) is 11.5 Å². The van der Waals surface area contributed by atoms with E-state index < -0.39 is 21.7 Å². The third kappa shape index (κ3) is 6.84. The summed E-state index contributed by atoms with van der Waals surface area (Å²) >= 11 is 0. The fraction of sp³-hybridized carbons (Fsp3) is 0.364. The molecule has 0 saturated carbocycles. The van der Waals surface area contributed by atoms with Gasteiger partial charge in [-0.2, -0.15) is 4.31 Å². The molecule has 1 N–H and O–H groups in total. The highest BCUT2D eigenvalue weighted by atomic mass is 32.2. The lowest BCUT2D eigenvalue weighted by molar-refractivity contribution is -0.116. The van der Waals surface area contributed by atoms with Crippen LogP contribution in [-0.2, 0) is 19.6 Å². The van der Waals surface area contributed by atoms with Gasteiger partial charge in [0.25, 0.3) is 0 Å². The maximum absolute atomic E-state index is 14.3. The number of pyridine rings is 1. The number of benzene rings is 1. The summed E-state index contributed by atoms with van der Waals surface area (Å²) in [6.07, 6.45) is 5.37. The van der Waals surface area contributed by atoms with Crippen molar-refractivity contribution in [3.8, 4) is 11.5 Å². The molecule has 0 aliphatic carbocycles. The van der Waals surface area contributed by atoms with Gasteiger partial charge in [0, 0.05) is 31.9 Å². The fourth-order valence-corrected chi connectivity index (χ4v) is 4.75. The van der Waals surface area contributed by atoms with Gasteiger partial charge in [0.05, 0.1) is 24.2 Å². The zero-order valence-corrected chi connectivity index (χ0v) is 18.7. The van der Waals surface area contributed by atoms with Gasteiger partial charge in [-0.15, -0.1) is 0 Å². The molecule has 1 saturated heterocycles. The third-order valence-corrected chi connectivity index (χ3v) is 6.49. The van der Waals surface area contributed by atoms with E-state index in [1.165, 1.54) is 34.8 Å². The molecule has 32 heavy (non-hydrogen) atoms. The minimum absolute atomic E-state index is 0.0299.